The van der Waals surface area contributed by atoms with E-state index in [9.17, 15) is 9.59 Å². The van der Waals surface area contributed by atoms with Crippen LogP contribution in [-0.4, -0.2) is 31.2 Å². The molecule has 0 bridgehead atoms. The van der Waals surface area contributed by atoms with Crippen molar-refractivity contribution < 1.29 is 9.59 Å². The Hall–Kier alpha value is -4.19. The van der Waals surface area contributed by atoms with Crippen LogP contribution in [0, 0.1) is 0 Å². The summed E-state index contributed by atoms with van der Waals surface area (Å²) in [4.78, 5) is 32.6. The van der Waals surface area contributed by atoms with Crippen molar-refractivity contribution in [1.82, 2.24) is 5.32 Å². The van der Waals surface area contributed by atoms with E-state index in [1.807, 2.05) is 78.9 Å². The first kappa shape index (κ1) is 19.8. The molecular formula is C26H22N4O2. The van der Waals surface area contributed by atoms with Crippen LogP contribution in [0.5, 0.6) is 0 Å². The molecule has 6 nitrogen and oxygen atoms in total. The minimum Gasteiger partial charge on any atom is -0.382 e. The topological polar surface area (TPSA) is 73.8 Å². The standard InChI is InChI=1S/C26H22N4O2/c31-24(29-25(32)30-17-16-27-22-12-4-5-13-23(22)30)26(14-7-15-28-26)21-11-6-10-20(18-21)19-8-2-1-3-9-19/h1-15,18,27H,16-17H2,(H,29,31,32). The highest BCUT2D eigenvalue weighted by atomic mass is 16.2. The number of benzene rings is 3. The summed E-state index contributed by atoms with van der Waals surface area (Å²) in [7, 11) is 0. The number of anilines is 2. The summed E-state index contributed by atoms with van der Waals surface area (Å²) >= 11 is 0. The lowest BCUT2D eigenvalue weighted by Crippen LogP contribution is -2.51. The summed E-state index contributed by atoms with van der Waals surface area (Å²) in [6, 6.07) is 24.8. The van der Waals surface area contributed by atoms with Gasteiger partial charge in [0.05, 0.1) is 11.4 Å². The van der Waals surface area contributed by atoms with Gasteiger partial charge in [0, 0.05) is 19.3 Å². The zero-order valence-corrected chi connectivity index (χ0v) is 17.4. The van der Waals surface area contributed by atoms with Crippen molar-refractivity contribution in [3.8, 4) is 11.1 Å². The molecule has 2 heterocycles. The minimum absolute atomic E-state index is 0.460. The molecule has 2 aliphatic heterocycles. The molecule has 6 heteroatoms. The molecule has 158 valence electrons. The number of urea groups is 1. The molecule has 0 radical (unpaired) electrons. The third kappa shape index (κ3) is 3.46. The lowest BCUT2D eigenvalue weighted by molar-refractivity contribution is -0.123. The van der Waals surface area contributed by atoms with E-state index in [4.69, 9.17) is 0 Å². The highest BCUT2D eigenvalue weighted by Crippen LogP contribution is 2.34. The zero-order valence-electron chi connectivity index (χ0n) is 17.4. The number of hydrogen-bond donors (Lipinski definition) is 2. The van der Waals surface area contributed by atoms with Gasteiger partial charge in [0.2, 0.25) is 0 Å². The first-order chi connectivity index (χ1) is 15.7. The van der Waals surface area contributed by atoms with Gasteiger partial charge in [-0.3, -0.25) is 20.0 Å². The van der Waals surface area contributed by atoms with Crippen LogP contribution in [0.2, 0.25) is 0 Å². The van der Waals surface area contributed by atoms with Crippen LogP contribution in [0.1, 0.15) is 5.56 Å². The average Bonchev–Trinajstić information content (AvgIpc) is 3.36. The predicted octanol–water partition coefficient (Wildman–Crippen LogP) is 4.36. The monoisotopic (exact) mass is 422 g/mol. The number of carbonyl (C=O) groups excluding carboxylic acids is 2. The molecule has 32 heavy (non-hydrogen) atoms. The summed E-state index contributed by atoms with van der Waals surface area (Å²) in [6.07, 6.45) is 5.06. The Balaban J connectivity index is 1.44. The number of imide groups is 1. The van der Waals surface area contributed by atoms with Crippen molar-refractivity contribution in [2.75, 3.05) is 23.3 Å². The maximum atomic E-state index is 13.4. The van der Waals surface area contributed by atoms with Crippen LogP contribution >= 0.6 is 0 Å². The summed E-state index contributed by atoms with van der Waals surface area (Å²) < 4.78 is 0. The van der Waals surface area contributed by atoms with Crippen LogP contribution in [0.25, 0.3) is 11.1 Å². The number of allylic oxidation sites excluding steroid dienone is 1. The van der Waals surface area contributed by atoms with Crippen molar-refractivity contribution in [1.29, 1.82) is 0 Å². The van der Waals surface area contributed by atoms with Crippen molar-refractivity contribution in [3.05, 3.63) is 96.6 Å². The fourth-order valence-corrected chi connectivity index (χ4v) is 4.14. The molecule has 0 spiro atoms. The van der Waals surface area contributed by atoms with Crippen LogP contribution < -0.4 is 15.5 Å². The number of nitrogens with one attached hydrogen (secondary N) is 2. The van der Waals surface area contributed by atoms with Gasteiger partial charge in [-0.2, -0.15) is 0 Å². The first-order valence-corrected chi connectivity index (χ1v) is 10.5. The van der Waals surface area contributed by atoms with Gasteiger partial charge in [-0.15, -0.1) is 0 Å². The second-order valence-electron chi connectivity index (χ2n) is 7.71. The highest BCUT2D eigenvalue weighted by molar-refractivity contribution is 6.09. The van der Waals surface area contributed by atoms with E-state index in [1.54, 1.807) is 23.3 Å². The van der Waals surface area contributed by atoms with Gasteiger partial charge in [0.15, 0.2) is 5.54 Å². The third-order valence-electron chi connectivity index (χ3n) is 5.77. The third-order valence-corrected chi connectivity index (χ3v) is 5.77. The molecule has 0 saturated carbocycles. The summed E-state index contributed by atoms with van der Waals surface area (Å²) in [5.74, 6) is -0.478. The van der Waals surface area contributed by atoms with Crippen LogP contribution in [0.4, 0.5) is 16.2 Å². The predicted molar refractivity (Wildman–Crippen MR) is 127 cm³/mol. The SMILES string of the molecule is O=C(NC(=O)C1(c2cccc(-c3ccccc3)c2)C=CC=N1)N1CCNc2ccccc21. The number of nitrogens with zero attached hydrogens (tertiary/aromatic N) is 2. The van der Waals surface area contributed by atoms with Gasteiger partial charge < -0.3 is 5.32 Å². The Kier molecular flexibility index (Phi) is 5.03. The van der Waals surface area contributed by atoms with Crippen molar-refractivity contribution >= 4 is 29.5 Å². The lowest BCUT2D eigenvalue weighted by atomic mass is 9.88. The van der Waals surface area contributed by atoms with Gasteiger partial charge in [0.1, 0.15) is 0 Å². The Morgan fingerprint density at radius 3 is 2.53 bits per heavy atom. The Bertz CT molecular complexity index is 1220. The molecule has 0 fully saturated rings. The number of hydrogen-bond acceptors (Lipinski definition) is 4. The molecule has 1 unspecified atom stereocenters. The molecule has 3 aromatic rings. The van der Waals surface area contributed by atoms with Crippen LogP contribution in [0.3, 0.4) is 0 Å². The second kappa shape index (κ2) is 8.15. The van der Waals surface area contributed by atoms with E-state index < -0.39 is 17.5 Å². The zero-order chi connectivity index (χ0) is 22.0. The number of fused-ring (bicyclic) bond motifs is 1. The molecule has 3 amide bonds. The summed E-state index contributed by atoms with van der Waals surface area (Å²) in [5, 5.41) is 5.86. The van der Waals surface area contributed by atoms with Gasteiger partial charge in [-0.05, 0) is 47.0 Å². The lowest BCUT2D eigenvalue weighted by Gasteiger charge is -2.31. The highest BCUT2D eigenvalue weighted by Gasteiger charge is 2.40. The molecule has 2 N–H and O–H groups in total. The number of rotatable bonds is 3. The van der Waals surface area contributed by atoms with E-state index in [0.717, 1.165) is 22.5 Å². The molecule has 0 aromatic heterocycles. The molecular weight excluding hydrogens is 400 g/mol. The molecule has 2 aliphatic rings. The summed E-state index contributed by atoms with van der Waals surface area (Å²) in [6.45, 7) is 1.08. The van der Waals surface area contributed by atoms with Gasteiger partial charge in [-0.1, -0.05) is 60.7 Å². The largest absolute Gasteiger partial charge is 0.382 e. The Labute approximate surface area is 186 Å². The van der Waals surface area contributed by atoms with Crippen molar-refractivity contribution in [2.24, 2.45) is 4.99 Å². The van der Waals surface area contributed by atoms with E-state index in [-0.39, 0.29) is 0 Å². The van der Waals surface area contributed by atoms with Crippen molar-refractivity contribution in [2.45, 2.75) is 5.54 Å². The number of carbonyl (C=O) groups is 2. The van der Waals surface area contributed by atoms with Crippen molar-refractivity contribution in [3.63, 3.8) is 0 Å². The molecule has 0 saturated heterocycles. The summed E-state index contributed by atoms with van der Waals surface area (Å²) in [5.41, 5.74) is 3.06. The number of amides is 3. The number of aliphatic imine (C=N–C) groups is 1. The smallest absolute Gasteiger partial charge is 0.328 e. The number of para-hydroxylation sites is 2. The van der Waals surface area contributed by atoms with E-state index >= 15 is 0 Å². The van der Waals surface area contributed by atoms with E-state index in [1.165, 1.54) is 0 Å². The van der Waals surface area contributed by atoms with E-state index in [0.29, 0.717) is 18.7 Å². The fraction of sp³-hybridized carbons (Fsp3) is 0.115. The minimum atomic E-state index is -1.28. The van der Waals surface area contributed by atoms with Gasteiger partial charge in [0.25, 0.3) is 5.91 Å². The first-order valence-electron chi connectivity index (χ1n) is 10.5. The van der Waals surface area contributed by atoms with Gasteiger partial charge >= 0.3 is 6.03 Å². The second-order valence-corrected chi connectivity index (χ2v) is 7.71. The Morgan fingerprint density at radius 1 is 0.938 bits per heavy atom. The van der Waals surface area contributed by atoms with E-state index in [2.05, 4.69) is 15.6 Å². The van der Waals surface area contributed by atoms with Crippen LogP contribution in [0.15, 0.2) is 96.0 Å². The Morgan fingerprint density at radius 2 is 1.72 bits per heavy atom. The molecule has 3 aromatic carbocycles. The van der Waals surface area contributed by atoms with Gasteiger partial charge in [-0.25, -0.2) is 4.79 Å². The molecule has 1 atom stereocenters. The normalized spacial score (nSPS) is 18.7. The molecule has 0 aliphatic carbocycles. The molecule has 5 rings (SSSR count). The fourth-order valence-electron chi connectivity index (χ4n) is 4.14. The maximum Gasteiger partial charge on any atom is 0.328 e. The average molecular weight is 422 g/mol. The quantitative estimate of drug-likeness (QED) is 0.659. The van der Waals surface area contributed by atoms with Crippen LogP contribution in [-0.2, 0) is 10.3 Å². The maximum absolute atomic E-state index is 13.4.